The van der Waals surface area contributed by atoms with E-state index in [9.17, 15) is 9.90 Å². The average molecular weight is 222 g/mol. The van der Waals surface area contributed by atoms with Crippen molar-refractivity contribution < 1.29 is 14.6 Å². The summed E-state index contributed by atoms with van der Waals surface area (Å²) in [6.45, 7) is 4.35. The summed E-state index contributed by atoms with van der Waals surface area (Å²) in [5.74, 6) is -0.0390. The van der Waals surface area contributed by atoms with Crippen molar-refractivity contribution in [3.05, 3.63) is 35.9 Å². The number of rotatable bonds is 5. The smallest absolute Gasteiger partial charge is 0.308 e. The SMILES string of the molecule is CC(C)COC(=O)C[C@H](O)c1ccccc1. The molecule has 16 heavy (non-hydrogen) atoms. The van der Waals surface area contributed by atoms with Crippen LogP contribution in [0.1, 0.15) is 31.9 Å². The highest BCUT2D eigenvalue weighted by molar-refractivity contribution is 5.70. The van der Waals surface area contributed by atoms with Gasteiger partial charge in [-0.25, -0.2) is 0 Å². The molecule has 0 aliphatic carbocycles. The van der Waals surface area contributed by atoms with E-state index in [4.69, 9.17) is 4.74 Å². The molecule has 0 bridgehead atoms. The summed E-state index contributed by atoms with van der Waals surface area (Å²) in [4.78, 5) is 11.3. The molecule has 0 unspecified atom stereocenters. The van der Waals surface area contributed by atoms with Gasteiger partial charge in [-0.3, -0.25) is 4.79 Å². The van der Waals surface area contributed by atoms with Crippen molar-refractivity contribution in [2.75, 3.05) is 6.61 Å². The Kier molecular flexibility index (Phi) is 4.99. The first kappa shape index (κ1) is 12.7. The minimum atomic E-state index is -0.777. The number of benzene rings is 1. The Morgan fingerprint density at radius 3 is 2.50 bits per heavy atom. The minimum absolute atomic E-state index is 0.0106. The molecule has 3 nitrogen and oxygen atoms in total. The van der Waals surface area contributed by atoms with Gasteiger partial charge in [0.2, 0.25) is 0 Å². The molecular formula is C13H18O3. The number of carbonyl (C=O) groups is 1. The summed E-state index contributed by atoms with van der Waals surface area (Å²) in [5, 5.41) is 9.76. The summed E-state index contributed by atoms with van der Waals surface area (Å²) < 4.78 is 5.00. The van der Waals surface area contributed by atoms with Crippen LogP contribution >= 0.6 is 0 Å². The van der Waals surface area contributed by atoms with Gasteiger partial charge in [0.05, 0.1) is 19.1 Å². The van der Waals surface area contributed by atoms with Crippen LogP contribution in [0.15, 0.2) is 30.3 Å². The monoisotopic (exact) mass is 222 g/mol. The number of hydrogen-bond donors (Lipinski definition) is 1. The third-order valence-electron chi connectivity index (χ3n) is 2.12. The van der Waals surface area contributed by atoms with E-state index in [-0.39, 0.29) is 12.4 Å². The van der Waals surface area contributed by atoms with Crippen LogP contribution in [0.5, 0.6) is 0 Å². The highest BCUT2D eigenvalue weighted by atomic mass is 16.5. The second-order valence-corrected chi connectivity index (χ2v) is 4.21. The fourth-order valence-corrected chi connectivity index (χ4v) is 1.27. The van der Waals surface area contributed by atoms with Crippen molar-refractivity contribution in [1.82, 2.24) is 0 Å². The van der Waals surface area contributed by atoms with Crippen LogP contribution in [0.4, 0.5) is 0 Å². The van der Waals surface area contributed by atoms with Crippen molar-refractivity contribution in [2.45, 2.75) is 26.4 Å². The van der Waals surface area contributed by atoms with E-state index in [1.165, 1.54) is 0 Å². The molecule has 0 saturated heterocycles. The molecule has 3 heteroatoms. The second kappa shape index (κ2) is 6.28. The van der Waals surface area contributed by atoms with Gasteiger partial charge in [-0.2, -0.15) is 0 Å². The molecule has 1 aromatic rings. The van der Waals surface area contributed by atoms with Gasteiger partial charge in [0.1, 0.15) is 0 Å². The first-order chi connectivity index (χ1) is 7.59. The fraction of sp³-hybridized carbons (Fsp3) is 0.462. The van der Waals surface area contributed by atoms with Crippen molar-refractivity contribution in [2.24, 2.45) is 5.92 Å². The molecule has 88 valence electrons. The standard InChI is InChI=1S/C13H18O3/c1-10(2)9-16-13(15)8-12(14)11-6-4-3-5-7-11/h3-7,10,12,14H,8-9H2,1-2H3/t12-/m0/s1. The van der Waals surface area contributed by atoms with E-state index in [1.807, 2.05) is 32.0 Å². The van der Waals surface area contributed by atoms with Crippen molar-refractivity contribution in [3.63, 3.8) is 0 Å². The Balaban J connectivity index is 2.40. The molecule has 0 radical (unpaired) electrons. The number of esters is 1. The normalized spacial score (nSPS) is 12.5. The summed E-state index contributed by atoms with van der Waals surface area (Å²) in [6, 6.07) is 9.12. The third kappa shape index (κ3) is 4.45. The number of carbonyl (C=O) groups excluding carboxylic acids is 1. The van der Waals surface area contributed by atoms with Crippen LogP contribution < -0.4 is 0 Å². The third-order valence-corrected chi connectivity index (χ3v) is 2.12. The van der Waals surface area contributed by atoms with Crippen molar-refractivity contribution >= 4 is 5.97 Å². The highest BCUT2D eigenvalue weighted by Gasteiger charge is 2.13. The summed E-state index contributed by atoms with van der Waals surface area (Å²) in [7, 11) is 0. The first-order valence-corrected chi connectivity index (χ1v) is 5.48. The number of aliphatic hydroxyl groups excluding tert-OH is 1. The molecule has 0 heterocycles. The fourth-order valence-electron chi connectivity index (χ4n) is 1.27. The maximum atomic E-state index is 11.3. The molecule has 0 aliphatic heterocycles. The molecule has 0 aromatic heterocycles. The Bertz CT molecular complexity index is 319. The molecule has 0 amide bonds. The maximum absolute atomic E-state index is 11.3. The van der Waals surface area contributed by atoms with Gasteiger partial charge < -0.3 is 9.84 Å². The van der Waals surface area contributed by atoms with E-state index in [1.54, 1.807) is 12.1 Å². The lowest BCUT2D eigenvalue weighted by molar-refractivity contribution is -0.147. The van der Waals surface area contributed by atoms with E-state index in [0.29, 0.717) is 12.5 Å². The Morgan fingerprint density at radius 1 is 1.31 bits per heavy atom. The van der Waals surface area contributed by atoms with Gasteiger partial charge in [0.25, 0.3) is 0 Å². The van der Waals surface area contributed by atoms with Gasteiger partial charge in [0, 0.05) is 0 Å². The van der Waals surface area contributed by atoms with Crippen molar-refractivity contribution in [3.8, 4) is 0 Å². The zero-order valence-electron chi connectivity index (χ0n) is 9.72. The van der Waals surface area contributed by atoms with Crippen LogP contribution in [0.2, 0.25) is 0 Å². The molecule has 1 aromatic carbocycles. The van der Waals surface area contributed by atoms with Gasteiger partial charge in [-0.15, -0.1) is 0 Å². The predicted molar refractivity (Wildman–Crippen MR) is 61.8 cm³/mol. The van der Waals surface area contributed by atoms with E-state index < -0.39 is 6.10 Å². The highest BCUT2D eigenvalue weighted by Crippen LogP contribution is 2.16. The Labute approximate surface area is 96.1 Å². The van der Waals surface area contributed by atoms with Crippen LogP contribution in [0, 0.1) is 5.92 Å². The molecule has 0 saturated carbocycles. The average Bonchev–Trinajstić information content (AvgIpc) is 2.27. The summed E-state index contributed by atoms with van der Waals surface area (Å²) >= 11 is 0. The quantitative estimate of drug-likeness (QED) is 0.778. The van der Waals surface area contributed by atoms with E-state index in [0.717, 1.165) is 5.56 Å². The molecule has 1 rings (SSSR count). The van der Waals surface area contributed by atoms with Crippen molar-refractivity contribution in [1.29, 1.82) is 0 Å². The summed E-state index contributed by atoms with van der Waals surface area (Å²) in [6.07, 6.45) is -0.766. The lowest BCUT2D eigenvalue weighted by atomic mass is 10.1. The Hall–Kier alpha value is -1.35. The number of hydrogen-bond acceptors (Lipinski definition) is 3. The molecule has 0 aliphatic rings. The lowest BCUT2D eigenvalue weighted by Crippen LogP contribution is -2.13. The zero-order chi connectivity index (χ0) is 12.0. The largest absolute Gasteiger partial charge is 0.465 e. The van der Waals surface area contributed by atoms with Gasteiger partial charge >= 0.3 is 5.97 Å². The topological polar surface area (TPSA) is 46.5 Å². The Morgan fingerprint density at radius 2 is 1.94 bits per heavy atom. The predicted octanol–water partition coefficient (Wildman–Crippen LogP) is 2.31. The zero-order valence-corrected chi connectivity index (χ0v) is 9.72. The molecule has 1 N–H and O–H groups in total. The molecule has 0 fully saturated rings. The molecule has 0 spiro atoms. The lowest BCUT2D eigenvalue weighted by Gasteiger charge is -2.11. The minimum Gasteiger partial charge on any atom is -0.465 e. The second-order valence-electron chi connectivity index (χ2n) is 4.21. The van der Waals surface area contributed by atoms with Gasteiger partial charge in [-0.1, -0.05) is 44.2 Å². The van der Waals surface area contributed by atoms with E-state index in [2.05, 4.69) is 0 Å². The van der Waals surface area contributed by atoms with Gasteiger partial charge in [-0.05, 0) is 11.5 Å². The van der Waals surface area contributed by atoms with Crippen LogP contribution in [-0.4, -0.2) is 17.7 Å². The number of aliphatic hydroxyl groups is 1. The maximum Gasteiger partial charge on any atom is 0.308 e. The number of ether oxygens (including phenoxy) is 1. The van der Waals surface area contributed by atoms with Crippen LogP contribution in [0.25, 0.3) is 0 Å². The van der Waals surface area contributed by atoms with E-state index >= 15 is 0 Å². The summed E-state index contributed by atoms with van der Waals surface area (Å²) in [5.41, 5.74) is 0.740. The van der Waals surface area contributed by atoms with Crippen LogP contribution in [0.3, 0.4) is 0 Å². The molecule has 1 atom stereocenters. The van der Waals surface area contributed by atoms with Crippen LogP contribution in [-0.2, 0) is 9.53 Å². The molecular weight excluding hydrogens is 204 g/mol. The first-order valence-electron chi connectivity index (χ1n) is 5.48. The van der Waals surface area contributed by atoms with Gasteiger partial charge in [0.15, 0.2) is 0 Å².